The monoisotopic (exact) mass is 558 g/mol. The average Bonchev–Trinajstić information content (AvgIpc) is 3.61. The molecule has 6 atom stereocenters. The highest BCUT2D eigenvalue weighted by Crippen LogP contribution is 2.65. The Bertz CT molecular complexity index is 1260. The van der Waals surface area contributed by atoms with Gasteiger partial charge in [0.15, 0.2) is 0 Å². The SMILES string of the molecule is Cc1c(N(CN2C(=O)C3C4C=CC(C5CC45)C3C2=O)C(=O)c2ccccc2Cl)ccc(Br)c1Cl. The Balaban J connectivity index is 1.39. The Labute approximate surface area is 215 Å². The zero-order chi connectivity index (χ0) is 23.9. The summed E-state index contributed by atoms with van der Waals surface area (Å²) in [7, 11) is 0. The van der Waals surface area contributed by atoms with Crippen molar-refractivity contribution in [2.24, 2.45) is 35.5 Å². The number of imide groups is 1. The number of carbonyl (C=O) groups excluding carboxylic acids is 3. The Morgan fingerprint density at radius 2 is 1.65 bits per heavy atom. The van der Waals surface area contributed by atoms with Gasteiger partial charge in [-0.25, -0.2) is 0 Å². The molecule has 2 aromatic rings. The second-order valence-electron chi connectivity index (χ2n) is 9.62. The van der Waals surface area contributed by atoms with Gasteiger partial charge in [0.05, 0.1) is 33.1 Å². The van der Waals surface area contributed by atoms with E-state index in [9.17, 15) is 14.4 Å². The van der Waals surface area contributed by atoms with Crippen molar-refractivity contribution >= 4 is 62.5 Å². The van der Waals surface area contributed by atoms with E-state index < -0.39 is 5.91 Å². The summed E-state index contributed by atoms with van der Waals surface area (Å²) in [6.07, 6.45) is 5.38. The van der Waals surface area contributed by atoms with E-state index in [1.165, 1.54) is 9.80 Å². The maximum absolute atomic E-state index is 13.8. The van der Waals surface area contributed by atoms with Gasteiger partial charge < -0.3 is 0 Å². The van der Waals surface area contributed by atoms with Gasteiger partial charge in [-0.2, -0.15) is 0 Å². The molecule has 34 heavy (non-hydrogen) atoms. The molecule has 1 heterocycles. The number of carbonyl (C=O) groups is 3. The molecule has 3 fully saturated rings. The number of halogens is 3. The topological polar surface area (TPSA) is 57.7 Å². The summed E-state index contributed by atoms with van der Waals surface area (Å²) in [5, 5.41) is 0.762. The van der Waals surface area contributed by atoms with E-state index in [2.05, 4.69) is 28.1 Å². The van der Waals surface area contributed by atoms with Crippen LogP contribution in [0.4, 0.5) is 5.69 Å². The van der Waals surface area contributed by atoms with Crippen LogP contribution in [0.2, 0.25) is 10.0 Å². The fourth-order valence-corrected chi connectivity index (χ4v) is 7.07. The van der Waals surface area contributed by atoms with Gasteiger partial charge in [-0.3, -0.25) is 24.2 Å². The minimum absolute atomic E-state index is 0.123. The first-order valence-electron chi connectivity index (χ1n) is 11.3. The van der Waals surface area contributed by atoms with Crippen molar-refractivity contribution in [3.63, 3.8) is 0 Å². The summed E-state index contributed by atoms with van der Waals surface area (Å²) < 4.78 is 0.696. The van der Waals surface area contributed by atoms with E-state index in [1.54, 1.807) is 43.3 Å². The van der Waals surface area contributed by atoms with Crippen LogP contribution < -0.4 is 4.90 Å². The van der Waals surface area contributed by atoms with Crippen LogP contribution in [-0.4, -0.2) is 29.3 Å². The Kier molecular flexibility index (Phi) is 5.21. The second-order valence-corrected chi connectivity index (χ2v) is 11.3. The molecular formula is C26H21BrCl2N2O3. The van der Waals surface area contributed by atoms with E-state index in [0.29, 0.717) is 43.2 Å². The molecule has 5 aliphatic rings. The third-order valence-corrected chi connectivity index (χ3v) is 9.69. The lowest BCUT2D eigenvalue weighted by molar-refractivity contribution is -0.140. The Hall–Kier alpha value is -2.15. The third-order valence-electron chi connectivity index (χ3n) is 7.99. The molecule has 0 spiro atoms. The first-order valence-corrected chi connectivity index (χ1v) is 12.9. The average molecular weight is 560 g/mol. The number of amides is 3. The van der Waals surface area contributed by atoms with Crippen LogP contribution in [-0.2, 0) is 9.59 Å². The third kappa shape index (κ3) is 3.15. The van der Waals surface area contributed by atoms with E-state index in [0.717, 1.165) is 6.42 Å². The van der Waals surface area contributed by atoms with E-state index >= 15 is 0 Å². The van der Waals surface area contributed by atoms with Crippen molar-refractivity contribution in [2.75, 3.05) is 11.6 Å². The highest BCUT2D eigenvalue weighted by molar-refractivity contribution is 9.10. The van der Waals surface area contributed by atoms with Crippen molar-refractivity contribution in [2.45, 2.75) is 13.3 Å². The van der Waals surface area contributed by atoms with Gasteiger partial charge >= 0.3 is 0 Å². The number of hydrogen-bond donors (Lipinski definition) is 0. The van der Waals surface area contributed by atoms with Crippen LogP contribution in [0.5, 0.6) is 0 Å². The zero-order valence-corrected chi connectivity index (χ0v) is 21.3. The van der Waals surface area contributed by atoms with Crippen molar-refractivity contribution in [1.82, 2.24) is 4.90 Å². The summed E-state index contributed by atoms with van der Waals surface area (Å²) in [5.41, 5.74) is 1.48. The number of benzene rings is 2. The minimum Gasteiger partial charge on any atom is -0.289 e. The Morgan fingerprint density at radius 3 is 2.26 bits per heavy atom. The zero-order valence-electron chi connectivity index (χ0n) is 18.3. The molecule has 2 aromatic carbocycles. The molecular weight excluding hydrogens is 539 g/mol. The molecule has 5 nitrogen and oxygen atoms in total. The van der Waals surface area contributed by atoms with Gasteiger partial charge in [0.2, 0.25) is 11.8 Å². The molecule has 0 N–H and O–H groups in total. The molecule has 4 aliphatic carbocycles. The maximum Gasteiger partial charge on any atom is 0.261 e. The summed E-state index contributed by atoms with van der Waals surface area (Å²) in [6.45, 7) is 1.63. The lowest BCUT2D eigenvalue weighted by atomic mass is 9.63. The predicted octanol–water partition coefficient (Wildman–Crippen LogP) is 5.72. The standard InChI is InChI=1S/C26H21BrCl2N2O3/c1-12-20(9-8-18(27)23(12)29)30(24(32)15-4-2-3-5-19(15)28)11-31-25(33)21-13-6-7-14(17-10-16(13)17)22(21)26(31)34/h2-9,13-14,16-17,21-22H,10-11H2,1H3. The van der Waals surface area contributed by atoms with E-state index in [-0.39, 0.29) is 42.2 Å². The van der Waals surface area contributed by atoms with Crippen LogP contribution in [0.1, 0.15) is 22.3 Å². The number of likely N-dealkylation sites (tertiary alicyclic amines) is 1. The molecule has 174 valence electrons. The minimum atomic E-state index is -0.397. The van der Waals surface area contributed by atoms with Crippen molar-refractivity contribution < 1.29 is 14.4 Å². The van der Waals surface area contributed by atoms with Crippen molar-refractivity contribution in [3.05, 3.63) is 74.2 Å². The molecule has 7 rings (SSSR count). The number of nitrogens with zero attached hydrogens (tertiary/aromatic N) is 2. The normalized spacial score (nSPS) is 30.4. The number of anilines is 1. The fraction of sp³-hybridized carbons (Fsp3) is 0.346. The predicted molar refractivity (Wildman–Crippen MR) is 134 cm³/mol. The van der Waals surface area contributed by atoms with Gasteiger partial charge in [-0.05, 0) is 82.8 Å². The number of rotatable bonds is 4. The van der Waals surface area contributed by atoms with Crippen molar-refractivity contribution in [3.8, 4) is 0 Å². The molecule has 0 aromatic heterocycles. The lowest BCUT2D eigenvalue weighted by Gasteiger charge is -2.37. The Morgan fingerprint density at radius 1 is 1.03 bits per heavy atom. The molecule has 2 bridgehead atoms. The second kappa shape index (κ2) is 7.94. The van der Waals surface area contributed by atoms with Crippen LogP contribution in [0.15, 0.2) is 53.0 Å². The number of allylic oxidation sites excluding steroid dienone is 2. The molecule has 3 amide bonds. The molecule has 0 radical (unpaired) electrons. The first kappa shape index (κ1) is 22.3. The first-order chi connectivity index (χ1) is 16.3. The van der Waals surface area contributed by atoms with Crippen LogP contribution in [0, 0.1) is 42.4 Å². The quantitative estimate of drug-likeness (QED) is 0.355. The smallest absolute Gasteiger partial charge is 0.261 e. The highest BCUT2D eigenvalue weighted by atomic mass is 79.9. The van der Waals surface area contributed by atoms with E-state index in [4.69, 9.17) is 23.2 Å². The van der Waals surface area contributed by atoms with Crippen LogP contribution >= 0.6 is 39.1 Å². The van der Waals surface area contributed by atoms with Crippen LogP contribution in [0.25, 0.3) is 0 Å². The summed E-state index contributed by atoms with van der Waals surface area (Å²) >= 11 is 16.3. The molecule has 2 saturated carbocycles. The largest absolute Gasteiger partial charge is 0.289 e. The highest BCUT2D eigenvalue weighted by Gasteiger charge is 2.67. The number of hydrogen-bond acceptors (Lipinski definition) is 3. The molecule has 8 heteroatoms. The summed E-state index contributed by atoms with van der Waals surface area (Å²) in [5.74, 6) is -0.128. The van der Waals surface area contributed by atoms with E-state index in [1.807, 2.05) is 0 Å². The van der Waals surface area contributed by atoms with Gasteiger partial charge in [-0.15, -0.1) is 0 Å². The maximum atomic E-state index is 13.8. The molecule has 6 unspecified atom stereocenters. The summed E-state index contributed by atoms with van der Waals surface area (Å²) in [4.78, 5) is 43.6. The molecule has 1 saturated heterocycles. The van der Waals surface area contributed by atoms with Crippen LogP contribution in [0.3, 0.4) is 0 Å². The molecule has 1 aliphatic heterocycles. The van der Waals surface area contributed by atoms with Gasteiger partial charge in [0, 0.05) is 4.47 Å². The van der Waals surface area contributed by atoms with Gasteiger partial charge in [-0.1, -0.05) is 47.5 Å². The fourth-order valence-electron chi connectivity index (χ4n) is 6.26. The van der Waals surface area contributed by atoms with Gasteiger partial charge in [0.25, 0.3) is 5.91 Å². The summed E-state index contributed by atoms with van der Waals surface area (Å²) in [6, 6.07) is 10.3. The van der Waals surface area contributed by atoms with Gasteiger partial charge in [0.1, 0.15) is 6.67 Å². The van der Waals surface area contributed by atoms with Crippen molar-refractivity contribution in [1.29, 1.82) is 0 Å². The lowest BCUT2D eigenvalue weighted by Crippen LogP contribution is -2.45.